The normalized spacial score (nSPS) is 19.6. The summed E-state index contributed by atoms with van der Waals surface area (Å²) in [6.45, 7) is 5.82. The number of amides is 3. The molecule has 13 nitrogen and oxygen atoms in total. The van der Waals surface area contributed by atoms with Crippen molar-refractivity contribution < 1.29 is 42.1 Å². The van der Waals surface area contributed by atoms with Gasteiger partial charge in [0, 0.05) is 44.0 Å². The standard InChI is InChI=1S/C37H50N4O9S/c1-25-22-41(26(2)24-42)36(43)33-21-29(39-37(44)38-28-10-13-30(47-5)14-11-28)12-19-34(33)50-27(3)9-7-8-20-49-35(25)23-40(4)51(45,46)32-17-15-31(48-6)16-18-32/h10-19,21,25-27,35,42H,7-9,20,22-24H2,1-6H3,(H2,38,39,44)/t25-,26+,27-,35+/m1/s1. The Bertz CT molecular complexity index is 1700. The highest BCUT2D eigenvalue weighted by Crippen LogP contribution is 2.29. The smallest absolute Gasteiger partial charge is 0.323 e. The van der Waals surface area contributed by atoms with Gasteiger partial charge in [-0.25, -0.2) is 13.2 Å². The summed E-state index contributed by atoms with van der Waals surface area (Å²) < 4.78 is 51.3. The van der Waals surface area contributed by atoms with Crippen molar-refractivity contribution in [1.29, 1.82) is 0 Å². The van der Waals surface area contributed by atoms with Crippen LogP contribution in [0.25, 0.3) is 0 Å². The number of anilines is 2. The first-order valence-electron chi connectivity index (χ1n) is 17.0. The summed E-state index contributed by atoms with van der Waals surface area (Å²) in [5.41, 5.74) is 1.13. The Hall–Kier alpha value is -4.37. The van der Waals surface area contributed by atoms with Crippen LogP contribution >= 0.6 is 0 Å². The number of methoxy groups -OCH3 is 2. The molecule has 1 aliphatic heterocycles. The lowest BCUT2D eigenvalue weighted by Crippen LogP contribution is -2.48. The van der Waals surface area contributed by atoms with Gasteiger partial charge in [0.15, 0.2) is 0 Å². The zero-order valence-electron chi connectivity index (χ0n) is 30.1. The van der Waals surface area contributed by atoms with E-state index in [0.717, 1.165) is 12.8 Å². The molecule has 3 aromatic rings. The summed E-state index contributed by atoms with van der Waals surface area (Å²) in [7, 11) is 0.718. The van der Waals surface area contributed by atoms with Crippen molar-refractivity contribution in [1.82, 2.24) is 9.21 Å². The molecule has 4 atom stereocenters. The summed E-state index contributed by atoms with van der Waals surface area (Å²) in [6.07, 6.45) is 1.38. The molecule has 0 bridgehead atoms. The molecule has 0 fully saturated rings. The maximum atomic E-state index is 14.4. The Kier molecular flexibility index (Phi) is 14.1. The molecular formula is C37H50N4O9S. The molecule has 0 radical (unpaired) electrons. The first-order chi connectivity index (χ1) is 24.4. The molecule has 0 spiro atoms. The molecule has 0 aromatic heterocycles. The number of hydrogen-bond acceptors (Lipinski definition) is 9. The zero-order chi connectivity index (χ0) is 37.1. The van der Waals surface area contributed by atoms with Crippen LogP contribution in [0.2, 0.25) is 0 Å². The minimum absolute atomic E-state index is 0.0402. The number of aliphatic hydroxyl groups excluding tert-OH is 1. The molecule has 14 heteroatoms. The lowest BCUT2D eigenvalue weighted by Gasteiger charge is -2.35. The van der Waals surface area contributed by atoms with Crippen molar-refractivity contribution in [2.24, 2.45) is 5.92 Å². The molecular weight excluding hydrogens is 676 g/mol. The Balaban J connectivity index is 1.61. The number of fused-ring (bicyclic) bond motifs is 1. The molecule has 3 amide bonds. The van der Waals surface area contributed by atoms with Gasteiger partial charge in [-0.2, -0.15) is 4.31 Å². The maximum Gasteiger partial charge on any atom is 0.323 e. The fourth-order valence-electron chi connectivity index (χ4n) is 5.71. The van der Waals surface area contributed by atoms with E-state index < -0.39 is 34.1 Å². The number of likely N-dealkylation sites (N-methyl/N-ethyl adjacent to an activating group) is 1. The van der Waals surface area contributed by atoms with E-state index in [4.69, 9.17) is 18.9 Å². The quantitative estimate of drug-likeness (QED) is 0.247. The second kappa shape index (κ2) is 18.2. The predicted octanol–water partition coefficient (Wildman–Crippen LogP) is 5.46. The molecule has 4 rings (SSSR count). The van der Waals surface area contributed by atoms with Gasteiger partial charge in [-0.1, -0.05) is 6.92 Å². The zero-order valence-corrected chi connectivity index (χ0v) is 30.9. The van der Waals surface area contributed by atoms with Gasteiger partial charge < -0.3 is 39.6 Å². The summed E-state index contributed by atoms with van der Waals surface area (Å²) in [5, 5.41) is 15.8. The van der Waals surface area contributed by atoms with E-state index in [9.17, 15) is 23.1 Å². The molecule has 0 saturated carbocycles. The number of benzene rings is 3. The molecule has 278 valence electrons. The minimum Gasteiger partial charge on any atom is -0.497 e. The van der Waals surface area contributed by atoms with Crippen molar-refractivity contribution in [3.63, 3.8) is 0 Å². The third-order valence-corrected chi connectivity index (χ3v) is 10.7. The molecule has 3 aromatic carbocycles. The van der Waals surface area contributed by atoms with E-state index in [-0.39, 0.29) is 42.2 Å². The third kappa shape index (κ3) is 10.6. The Morgan fingerprint density at radius 2 is 1.59 bits per heavy atom. The Morgan fingerprint density at radius 3 is 2.22 bits per heavy atom. The average Bonchev–Trinajstić information content (AvgIpc) is 3.12. The maximum absolute atomic E-state index is 14.4. The summed E-state index contributed by atoms with van der Waals surface area (Å²) in [6, 6.07) is 16.8. The van der Waals surface area contributed by atoms with Crippen molar-refractivity contribution in [2.45, 2.75) is 63.2 Å². The first-order valence-corrected chi connectivity index (χ1v) is 18.5. The SMILES string of the molecule is COc1ccc(NC(=O)Nc2ccc3c(c2)C(=O)N([C@@H](C)CO)C[C@@H](C)[C@H](CN(C)S(=O)(=O)c2ccc(OC)cc2)OCCCC[C@@H](C)O3)cc1. The number of nitrogens with one attached hydrogen (secondary N) is 2. The Labute approximate surface area is 300 Å². The van der Waals surface area contributed by atoms with Gasteiger partial charge in [0.05, 0.1) is 49.5 Å². The molecule has 0 aliphatic carbocycles. The fourth-order valence-corrected chi connectivity index (χ4v) is 6.89. The van der Waals surface area contributed by atoms with Gasteiger partial charge in [-0.05, 0) is 99.8 Å². The van der Waals surface area contributed by atoms with E-state index in [1.807, 2.05) is 13.8 Å². The first kappa shape index (κ1) is 39.4. The lowest BCUT2D eigenvalue weighted by molar-refractivity contribution is -0.00834. The number of carbonyl (C=O) groups excluding carboxylic acids is 2. The van der Waals surface area contributed by atoms with E-state index in [1.54, 1.807) is 73.5 Å². The van der Waals surface area contributed by atoms with Crippen LogP contribution in [0.4, 0.5) is 16.2 Å². The van der Waals surface area contributed by atoms with Crippen molar-refractivity contribution >= 4 is 33.3 Å². The van der Waals surface area contributed by atoms with Crippen LogP contribution < -0.4 is 24.8 Å². The van der Waals surface area contributed by atoms with Crippen molar-refractivity contribution in [2.75, 3.05) is 58.2 Å². The number of sulfonamides is 1. The van der Waals surface area contributed by atoms with Crippen LogP contribution in [-0.2, 0) is 14.8 Å². The number of hydrogen-bond donors (Lipinski definition) is 3. The number of ether oxygens (including phenoxy) is 4. The van der Waals surface area contributed by atoms with Gasteiger partial charge >= 0.3 is 6.03 Å². The predicted molar refractivity (Wildman–Crippen MR) is 195 cm³/mol. The fraction of sp³-hybridized carbons (Fsp3) is 0.459. The number of rotatable bonds is 10. The Morgan fingerprint density at radius 1 is 0.980 bits per heavy atom. The summed E-state index contributed by atoms with van der Waals surface area (Å²) in [5.74, 6) is 0.786. The molecule has 0 unspecified atom stereocenters. The van der Waals surface area contributed by atoms with Crippen LogP contribution in [-0.4, -0.2) is 100 Å². The number of nitrogens with zero attached hydrogens (tertiary/aromatic N) is 2. The van der Waals surface area contributed by atoms with E-state index in [2.05, 4.69) is 10.6 Å². The van der Waals surface area contributed by atoms with Crippen molar-refractivity contribution in [3.8, 4) is 17.2 Å². The minimum atomic E-state index is -3.86. The third-order valence-electron chi connectivity index (χ3n) is 8.86. The summed E-state index contributed by atoms with van der Waals surface area (Å²) in [4.78, 5) is 29.0. The highest BCUT2D eigenvalue weighted by atomic mass is 32.2. The highest BCUT2D eigenvalue weighted by molar-refractivity contribution is 7.89. The van der Waals surface area contributed by atoms with E-state index in [1.165, 1.54) is 30.6 Å². The van der Waals surface area contributed by atoms with Crippen LogP contribution in [0.3, 0.4) is 0 Å². The largest absolute Gasteiger partial charge is 0.497 e. The van der Waals surface area contributed by atoms with Crippen LogP contribution in [0.15, 0.2) is 71.6 Å². The molecule has 51 heavy (non-hydrogen) atoms. The number of carbonyl (C=O) groups is 2. The van der Waals surface area contributed by atoms with Gasteiger partial charge in [0.25, 0.3) is 5.91 Å². The number of aliphatic hydroxyl groups is 1. The molecule has 1 heterocycles. The van der Waals surface area contributed by atoms with Crippen LogP contribution in [0, 0.1) is 5.92 Å². The lowest BCUT2D eigenvalue weighted by atomic mass is 10.0. The van der Waals surface area contributed by atoms with Gasteiger partial charge in [0.2, 0.25) is 10.0 Å². The van der Waals surface area contributed by atoms with Crippen LogP contribution in [0.5, 0.6) is 17.2 Å². The topological polar surface area (TPSA) is 156 Å². The van der Waals surface area contributed by atoms with E-state index in [0.29, 0.717) is 41.7 Å². The molecule has 0 saturated heterocycles. The van der Waals surface area contributed by atoms with Crippen molar-refractivity contribution in [3.05, 3.63) is 72.3 Å². The second-order valence-corrected chi connectivity index (χ2v) is 14.8. The van der Waals surface area contributed by atoms with Gasteiger partial charge in [0.1, 0.15) is 17.2 Å². The highest BCUT2D eigenvalue weighted by Gasteiger charge is 2.32. The van der Waals surface area contributed by atoms with Crippen LogP contribution in [0.1, 0.15) is 50.4 Å². The molecule has 3 N–H and O–H groups in total. The van der Waals surface area contributed by atoms with E-state index >= 15 is 0 Å². The average molecular weight is 727 g/mol. The second-order valence-electron chi connectivity index (χ2n) is 12.8. The summed E-state index contributed by atoms with van der Waals surface area (Å²) >= 11 is 0. The molecule has 1 aliphatic rings. The van der Waals surface area contributed by atoms with Gasteiger partial charge in [-0.15, -0.1) is 0 Å². The van der Waals surface area contributed by atoms with Gasteiger partial charge in [-0.3, -0.25) is 4.79 Å². The number of urea groups is 1. The monoisotopic (exact) mass is 726 g/mol.